The highest BCUT2D eigenvalue weighted by Crippen LogP contribution is 2.39. The summed E-state index contributed by atoms with van der Waals surface area (Å²) in [6, 6.07) is 5.49. The Hall–Kier alpha value is -1.86. The Balaban J connectivity index is 1.83. The van der Waals surface area contributed by atoms with E-state index in [9.17, 15) is 0 Å². The number of pyridine rings is 1. The van der Waals surface area contributed by atoms with E-state index in [4.69, 9.17) is 16.9 Å². The zero-order valence-electron chi connectivity index (χ0n) is 12.0. The van der Waals surface area contributed by atoms with Crippen molar-refractivity contribution >= 4 is 11.6 Å². The molecule has 0 spiro atoms. The smallest absolute Gasteiger partial charge is 0.142 e. The third kappa shape index (κ3) is 2.93. The summed E-state index contributed by atoms with van der Waals surface area (Å²) < 4.78 is 2.00. The van der Waals surface area contributed by atoms with E-state index in [-0.39, 0.29) is 0 Å². The van der Waals surface area contributed by atoms with Gasteiger partial charge in [-0.1, -0.05) is 31.4 Å². The fraction of sp³-hybridized carbons (Fsp3) is 0.438. The highest BCUT2D eigenvalue weighted by atomic mass is 35.5. The number of hydrogen-bond acceptors (Lipinski definition) is 3. The topological polar surface area (TPSA) is 54.5 Å². The number of aromatic nitrogens is 3. The Morgan fingerprint density at radius 2 is 2.14 bits per heavy atom. The largest absolute Gasteiger partial charge is 0.272 e. The molecule has 1 saturated carbocycles. The van der Waals surface area contributed by atoms with Gasteiger partial charge in [0.25, 0.3) is 0 Å². The van der Waals surface area contributed by atoms with Crippen molar-refractivity contribution in [2.24, 2.45) is 5.41 Å². The molecule has 1 aliphatic rings. The summed E-state index contributed by atoms with van der Waals surface area (Å²) in [5.41, 5.74) is 2.45. The summed E-state index contributed by atoms with van der Waals surface area (Å²) in [7, 11) is 0. The van der Waals surface area contributed by atoms with E-state index in [2.05, 4.69) is 17.0 Å². The Bertz CT molecular complexity index is 693. The van der Waals surface area contributed by atoms with Crippen molar-refractivity contribution in [2.75, 3.05) is 0 Å². The van der Waals surface area contributed by atoms with Gasteiger partial charge < -0.3 is 0 Å². The molecule has 0 unspecified atom stereocenters. The van der Waals surface area contributed by atoms with Gasteiger partial charge in [-0.3, -0.25) is 4.68 Å². The fourth-order valence-corrected chi connectivity index (χ4v) is 3.34. The van der Waals surface area contributed by atoms with Gasteiger partial charge in [-0.25, -0.2) is 4.98 Å². The monoisotopic (exact) mass is 300 g/mol. The molecule has 0 aromatic carbocycles. The van der Waals surface area contributed by atoms with Crippen LogP contribution in [0.3, 0.4) is 0 Å². The maximum atomic E-state index is 8.83. The Morgan fingerprint density at radius 3 is 2.81 bits per heavy atom. The van der Waals surface area contributed by atoms with Crippen LogP contribution in [0, 0.1) is 16.7 Å². The van der Waals surface area contributed by atoms with Crippen molar-refractivity contribution in [3.8, 4) is 17.2 Å². The van der Waals surface area contributed by atoms with Gasteiger partial charge in [0.05, 0.1) is 6.20 Å². The molecule has 108 valence electrons. The van der Waals surface area contributed by atoms with Crippen LogP contribution < -0.4 is 0 Å². The third-order valence-electron chi connectivity index (χ3n) is 4.26. The molecule has 0 saturated heterocycles. The molecule has 2 heterocycles. The van der Waals surface area contributed by atoms with Crippen LogP contribution in [0.25, 0.3) is 11.1 Å². The summed E-state index contributed by atoms with van der Waals surface area (Å²) in [5, 5.41) is 13.6. The molecule has 4 nitrogen and oxygen atoms in total. The molecule has 0 aliphatic heterocycles. The zero-order chi connectivity index (χ0) is 14.9. The lowest BCUT2D eigenvalue weighted by Crippen LogP contribution is -2.19. The van der Waals surface area contributed by atoms with Crippen LogP contribution in [0.2, 0.25) is 5.15 Å². The van der Waals surface area contributed by atoms with Gasteiger partial charge in [0.1, 0.15) is 16.9 Å². The van der Waals surface area contributed by atoms with E-state index < -0.39 is 0 Å². The van der Waals surface area contributed by atoms with E-state index >= 15 is 0 Å². The van der Waals surface area contributed by atoms with Crippen LogP contribution in [0.1, 0.15) is 38.3 Å². The molecule has 2 aromatic rings. The number of nitrogens with zero attached hydrogens (tertiary/aromatic N) is 4. The van der Waals surface area contributed by atoms with Crippen molar-refractivity contribution in [2.45, 2.75) is 39.2 Å². The maximum Gasteiger partial charge on any atom is 0.142 e. The molecule has 0 radical (unpaired) electrons. The Labute approximate surface area is 129 Å². The molecule has 3 rings (SSSR count). The van der Waals surface area contributed by atoms with E-state index in [1.165, 1.54) is 25.7 Å². The van der Waals surface area contributed by atoms with Crippen molar-refractivity contribution in [1.29, 1.82) is 5.26 Å². The molecular weight excluding hydrogens is 284 g/mol. The first-order chi connectivity index (χ1) is 10.1. The first-order valence-corrected chi connectivity index (χ1v) is 7.57. The molecular formula is C16H17ClN4. The summed E-state index contributed by atoms with van der Waals surface area (Å²) in [4.78, 5) is 4.06. The number of nitriles is 1. The molecule has 21 heavy (non-hydrogen) atoms. The van der Waals surface area contributed by atoms with Gasteiger partial charge in [0.15, 0.2) is 0 Å². The normalized spacial score (nSPS) is 16.8. The predicted octanol–water partition coefficient (Wildman–Crippen LogP) is 4.05. The van der Waals surface area contributed by atoms with Crippen LogP contribution in [-0.4, -0.2) is 14.8 Å². The summed E-state index contributed by atoms with van der Waals surface area (Å²) >= 11 is 6.15. The molecule has 5 heteroatoms. The van der Waals surface area contributed by atoms with E-state index in [0.29, 0.717) is 16.3 Å². The predicted molar refractivity (Wildman–Crippen MR) is 81.8 cm³/mol. The highest BCUT2D eigenvalue weighted by molar-refractivity contribution is 6.32. The Kier molecular flexibility index (Phi) is 3.69. The minimum atomic E-state index is 0.328. The van der Waals surface area contributed by atoms with Crippen molar-refractivity contribution in [3.63, 3.8) is 0 Å². The molecule has 1 aliphatic carbocycles. The van der Waals surface area contributed by atoms with E-state index in [0.717, 1.165) is 17.7 Å². The van der Waals surface area contributed by atoms with Crippen molar-refractivity contribution in [1.82, 2.24) is 14.8 Å². The molecule has 0 amide bonds. The van der Waals surface area contributed by atoms with E-state index in [1.807, 2.05) is 29.2 Å². The summed E-state index contributed by atoms with van der Waals surface area (Å²) in [5.74, 6) is 0. The van der Waals surface area contributed by atoms with Crippen LogP contribution in [0.5, 0.6) is 0 Å². The lowest BCUT2D eigenvalue weighted by Gasteiger charge is -2.22. The lowest BCUT2D eigenvalue weighted by atomic mass is 9.89. The zero-order valence-corrected chi connectivity index (χ0v) is 12.8. The van der Waals surface area contributed by atoms with E-state index in [1.54, 1.807) is 6.07 Å². The van der Waals surface area contributed by atoms with Crippen LogP contribution in [0.15, 0.2) is 24.5 Å². The van der Waals surface area contributed by atoms with Crippen molar-refractivity contribution < 1.29 is 0 Å². The number of hydrogen-bond donors (Lipinski definition) is 0. The molecule has 2 aromatic heterocycles. The molecule has 0 bridgehead atoms. The lowest BCUT2D eigenvalue weighted by molar-refractivity contribution is 0.268. The third-order valence-corrected chi connectivity index (χ3v) is 4.55. The van der Waals surface area contributed by atoms with Crippen molar-refractivity contribution in [3.05, 3.63) is 35.4 Å². The summed E-state index contributed by atoms with van der Waals surface area (Å²) in [6.45, 7) is 3.27. The second-order valence-electron chi connectivity index (χ2n) is 6.09. The standard InChI is InChI=1S/C16H17ClN4/c1-16(6-2-3-7-16)11-21-10-12(9-19-21)14-5-4-13(8-18)20-15(14)17/h4-5,9-10H,2-3,6-7,11H2,1H3. The Morgan fingerprint density at radius 1 is 1.38 bits per heavy atom. The molecule has 0 atom stereocenters. The highest BCUT2D eigenvalue weighted by Gasteiger charge is 2.29. The first kappa shape index (κ1) is 14.1. The van der Waals surface area contributed by atoms with Gasteiger partial charge in [0.2, 0.25) is 0 Å². The van der Waals surface area contributed by atoms with Crippen LogP contribution >= 0.6 is 11.6 Å². The van der Waals surface area contributed by atoms with Gasteiger partial charge in [-0.05, 0) is 30.4 Å². The van der Waals surface area contributed by atoms with Gasteiger partial charge in [-0.2, -0.15) is 10.4 Å². The number of halogens is 1. The first-order valence-electron chi connectivity index (χ1n) is 7.19. The van der Waals surface area contributed by atoms with Crippen LogP contribution in [0.4, 0.5) is 0 Å². The number of rotatable bonds is 3. The second-order valence-corrected chi connectivity index (χ2v) is 6.45. The average Bonchev–Trinajstić information content (AvgIpc) is 3.08. The average molecular weight is 301 g/mol. The van der Waals surface area contributed by atoms with Gasteiger partial charge >= 0.3 is 0 Å². The van der Waals surface area contributed by atoms with Gasteiger partial charge in [-0.15, -0.1) is 0 Å². The minimum Gasteiger partial charge on any atom is -0.272 e. The quantitative estimate of drug-likeness (QED) is 0.804. The van der Waals surface area contributed by atoms with Crippen LogP contribution in [-0.2, 0) is 6.54 Å². The fourth-order valence-electron chi connectivity index (χ4n) is 3.08. The van der Waals surface area contributed by atoms with Gasteiger partial charge in [0, 0.05) is 23.9 Å². The maximum absolute atomic E-state index is 8.83. The second kappa shape index (κ2) is 5.50. The minimum absolute atomic E-state index is 0.328. The SMILES string of the molecule is CC1(Cn2cc(-c3ccc(C#N)nc3Cl)cn2)CCCC1. The summed E-state index contributed by atoms with van der Waals surface area (Å²) in [6.07, 6.45) is 8.99. The molecule has 1 fully saturated rings. The molecule has 0 N–H and O–H groups in total.